The highest BCUT2D eigenvalue weighted by Gasteiger charge is 2.21. The first-order valence-electron chi connectivity index (χ1n) is 12.3. The summed E-state index contributed by atoms with van der Waals surface area (Å²) in [5.41, 5.74) is 6.41. The smallest absolute Gasteiger partial charge is 0.328 e. The molecule has 0 atom stereocenters. The number of benzene rings is 3. The zero-order valence-electron chi connectivity index (χ0n) is 21.4. The second-order valence-electron chi connectivity index (χ2n) is 9.02. The first-order valence-corrected chi connectivity index (χ1v) is 13.1. The fourth-order valence-electron chi connectivity index (χ4n) is 4.02. The quantitative estimate of drug-likeness (QED) is 0.173. The van der Waals surface area contributed by atoms with Crippen LogP contribution in [0.25, 0.3) is 10.9 Å². The van der Waals surface area contributed by atoms with Crippen molar-refractivity contribution >= 4 is 55.9 Å². The molecule has 1 heterocycles. The summed E-state index contributed by atoms with van der Waals surface area (Å²) in [7, 11) is 0. The van der Waals surface area contributed by atoms with Crippen molar-refractivity contribution in [3.8, 4) is 5.75 Å². The van der Waals surface area contributed by atoms with Gasteiger partial charge in [0, 0.05) is 21.2 Å². The van der Waals surface area contributed by atoms with E-state index < -0.39 is 17.7 Å². The Balaban J connectivity index is 1.53. The molecule has 0 unspecified atom stereocenters. The topological polar surface area (TPSA) is 101 Å². The Morgan fingerprint density at radius 3 is 2.24 bits per heavy atom. The molecule has 0 aliphatic rings. The molecular formula is C29H29BrN4O4. The lowest BCUT2D eigenvalue weighted by atomic mass is 10.1. The van der Waals surface area contributed by atoms with E-state index in [1.165, 1.54) is 4.68 Å². The van der Waals surface area contributed by atoms with Gasteiger partial charge in [0.1, 0.15) is 11.4 Å². The number of fused-ring (bicyclic) bond motifs is 1. The SMILES string of the molecule is CCCCOc1ccc(NC(=O)C(=O)Nn2c(C(=O)Nc3cc(C)cc(C)c3)cc3cc(Br)ccc32)cc1. The maximum absolute atomic E-state index is 13.3. The number of amides is 3. The van der Waals surface area contributed by atoms with Crippen molar-refractivity contribution in [2.24, 2.45) is 0 Å². The van der Waals surface area contributed by atoms with Crippen LogP contribution >= 0.6 is 15.9 Å². The maximum atomic E-state index is 13.3. The fourth-order valence-corrected chi connectivity index (χ4v) is 4.40. The zero-order valence-corrected chi connectivity index (χ0v) is 23.0. The van der Waals surface area contributed by atoms with Gasteiger partial charge in [-0.1, -0.05) is 35.3 Å². The monoisotopic (exact) mass is 576 g/mol. The molecule has 0 aliphatic heterocycles. The number of nitrogens with one attached hydrogen (secondary N) is 3. The lowest BCUT2D eigenvalue weighted by Crippen LogP contribution is -2.36. The lowest BCUT2D eigenvalue weighted by molar-refractivity contribution is -0.133. The standard InChI is InChI=1S/C29H29BrN4O4/c1-4-5-12-38-24-9-7-22(8-10-24)31-28(36)29(37)33-34-25-11-6-21(30)16-20(25)17-26(34)27(35)32-23-14-18(2)13-19(3)15-23/h6-11,13-17H,4-5,12H2,1-3H3,(H,31,36)(H,32,35)(H,33,37). The van der Waals surface area contributed by atoms with Gasteiger partial charge in [0.15, 0.2) is 0 Å². The number of ether oxygens (including phenoxy) is 1. The summed E-state index contributed by atoms with van der Waals surface area (Å²) in [5.74, 6) is -1.54. The molecule has 1 aromatic heterocycles. The lowest BCUT2D eigenvalue weighted by Gasteiger charge is -2.13. The fraction of sp³-hybridized carbons (Fsp3) is 0.207. The van der Waals surface area contributed by atoms with Crippen LogP contribution in [0, 0.1) is 13.8 Å². The first kappa shape index (κ1) is 26.9. The normalized spacial score (nSPS) is 10.7. The predicted molar refractivity (Wildman–Crippen MR) is 153 cm³/mol. The van der Waals surface area contributed by atoms with Gasteiger partial charge in [-0.05, 0) is 92.1 Å². The van der Waals surface area contributed by atoms with Crippen molar-refractivity contribution in [3.05, 3.63) is 88.0 Å². The van der Waals surface area contributed by atoms with E-state index in [0.29, 0.717) is 34.6 Å². The molecule has 0 aliphatic carbocycles. The second kappa shape index (κ2) is 12.0. The highest BCUT2D eigenvalue weighted by atomic mass is 79.9. The van der Waals surface area contributed by atoms with Gasteiger partial charge in [-0.3, -0.25) is 19.8 Å². The van der Waals surface area contributed by atoms with Crippen molar-refractivity contribution in [2.75, 3.05) is 22.7 Å². The van der Waals surface area contributed by atoms with Crippen molar-refractivity contribution in [1.82, 2.24) is 4.68 Å². The summed E-state index contributed by atoms with van der Waals surface area (Å²) >= 11 is 3.44. The van der Waals surface area contributed by atoms with Gasteiger partial charge in [-0.2, -0.15) is 0 Å². The number of nitrogens with zero attached hydrogens (tertiary/aromatic N) is 1. The molecule has 0 spiro atoms. The Morgan fingerprint density at radius 1 is 0.842 bits per heavy atom. The molecule has 38 heavy (non-hydrogen) atoms. The van der Waals surface area contributed by atoms with E-state index in [2.05, 4.69) is 38.9 Å². The number of hydrogen-bond acceptors (Lipinski definition) is 4. The van der Waals surface area contributed by atoms with Crippen molar-refractivity contribution in [2.45, 2.75) is 33.6 Å². The predicted octanol–water partition coefficient (Wildman–Crippen LogP) is 6.16. The second-order valence-corrected chi connectivity index (χ2v) is 9.94. The van der Waals surface area contributed by atoms with E-state index in [-0.39, 0.29) is 5.69 Å². The minimum atomic E-state index is -0.922. The Labute approximate surface area is 229 Å². The van der Waals surface area contributed by atoms with Crippen molar-refractivity contribution < 1.29 is 19.1 Å². The average molecular weight is 577 g/mol. The third-order valence-electron chi connectivity index (χ3n) is 5.77. The van der Waals surface area contributed by atoms with E-state index in [9.17, 15) is 14.4 Å². The Kier molecular flexibility index (Phi) is 8.48. The Morgan fingerprint density at radius 2 is 1.55 bits per heavy atom. The van der Waals surface area contributed by atoms with Crippen LogP contribution in [0.1, 0.15) is 41.4 Å². The summed E-state index contributed by atoms with van der Waals surface area (Å²) in [6.07, 6.45) is 1.99. The molecule has 196 valence electrons. The average Bonchev–Trinajstić information content (AvgIpc) is 3.22. The highest BCUT2D eigenvalue weighted by molar-refractivity contribution is 9.10. The van der Waals surface area contributed by atoms with Gasteiger partial charge >= 0.3 is 11.8 Å². The van der Waals surface area contributed by atoms with Crippen LogP contribution in [0.2, 0.25) is 0 Å². The molecule has 0 saturated carbocycles. The molecule has 0 bridgehead atoms. The largest absolute Gasteiger partial charge is 0.494 e. The summed E-state index contributed by atoms with van der Waals surface area (Å²) in [6.45, 7) is 6.60. The van der Waals surface area contributed by atoms with Gasteiger partial charge < -0.3 is 15.4 Å². The van der Waals surface area contributed by atoms with E-state index in [1.54, 1.807) is 42.5 Å². The van der Waals surface area contributed by atoms with Gasteiger partial charge in [0.2, 0.25) is 0 Å². The van der Waals surface area contributed by atoms with Crippen LogP contribution in [0.3, 0.4) is 0 Å². The van der Waals surface area contributed by atoms with Gasteiger partial charge in [0.25, 0.3) is 5.91 Å². The minimum Gasteiger partial charge on any atom is -0.494 e. The van der Waals surface area contributed by atoms with Crippen molar-refractivity contribution in [1.29, 1.82) is 0 Å². The number of unbranched alkanes of at least 4 members (excludes halogenated alkanes) is 1. The third kappa shape index (κ3) is 6.60. The molecule has 4 rings (SSSR count). The number of halogens is 1. The molecule has 3 aromatic carbocycles. The summed E-state index contributed by atoms with van der Waals surface area (Å²) in [4.78, 5) is 38.8. The van der Waals surface area contributed by atoms with Crippen LogP contribution in [-0.4, -0.2) is 29.0 Å². The number of rotatable bonds is 8. The molecular weight excluding hydrogens is 548 g/mol. The number of hydrogen-bond donors (Lipinski definition) is 3. The highest BCUT2D eigenvalue weighted by Crippen LogP contribution is 2.24. The maximum Gasteiger partial charge on any atom is 0.328 e. The van der Waals surface area contributed by atoms with E-state index in [1.807, 2.05) is 38.1 Å². The molecule has 0 radical (unpaired) electrons. The zero-order chi connectivity index (χ0) is 27.2. The number of carbonyl (C=O) groups excluding carboxylic acids is 3. The van der Waals surface area contributed by atoms with Gasteiger partial charge in [-0.15, -0.1) is 0 Å². The van der Waals surface area contributed by atoms with Crippen LogP contribution in [0.15, 0.2) is 71.2 Å². The molecule has 3 amide bonds. The summed E-state index contributed by atoms with van der Waals surface area (Å²) in [5, 5.41) is 6.18. The first-order chi connectivity index (χ1) is 18.2. The Bertz CT molecular complexity index is 1470. The minimum absolute atomic E-state index is 0.173. The molecule has 9 heteroatoms. The van der Waals surface area contributed by atoms with Crippen LogP contribution in [-0.2, 0) is 9.59 Å². The molecule has 8 nitrogen and oxygen atoms in total. The molecule has 4 aromatic rings. The van der Waals surface area contributed by atoms with Crippen molar-refractivity contribution in [3.63, 3.8) is 0 Å². The van der Waals surface area contributed by atoms with E-state index in [0.717, 1.165) is 28.4 Å². The number of carbonyl (C=O) groups is 3. The Hall–Kier alpha value is -4.11. The summed E-state index contributed by atoms with van der Waals surface area (Å²) in [6, 6.07) is 19.6. The summed E-state index contributed by atoms with van der Waals surface area (Å²) < 4.78 is 7.77. The molecule has 0 fully saturated rings. The van der Waals surface area contributed by atoms with E-state index >= 15 is 0 Å². The molecule has 0 saturated heterocycles. The van der Waals surface area contributed by atoms with Crippen LogP contribution in [0.4, 0.5) is 11.4 Å². The van der Waals surface area contributed by atoms with Crippen LogP contribution < -0.4 is 20.8 Å². The van der Waals surface area contributed by atoms with Gasteiger partial charge in [0.05, 0.1) is 12.1 Å². The van der Waals surface area contributed by atoms with Crippen LogP contribution in [0.5, 0.6) is 5.75 Å². The number of aromatic nitrogens is 1. The third-order valence-corrected chi connectivity index (χ3v) is 6.27. The number of anilines is 2. The van der Waals surface area contributed by atoms with E-state index in [4.69, 9.17) is 4.74 Å². The number of aryl methyl sites for hydroxylation is 2. The molecule has 3 N–H and O–H groups in total. The van der Waals surface area contributed by atoms with Gasteiger partial charge in [-0.25, -0.2) is 4.68 Å².